The molecule has 0 aliphatic carbocycles. The van der Waals surface area contributed by atoms with Gasteiger partial charge in [0, 0.05) is 16.8 Å². The number of hydrogen-bond donors (Lipinski definition) is 0. The lowest BCUT2D eigenvalue weighted by Gasteiger charge is -2.15. The van der Waals surface area contributed by atoms with Crippen LogP contribution in [-0.2, 0) is 0 Å². The lowest BCUT2D eigenvalue weighted by Crippen LogP contribution is -2.12. The minimum Gasteiger partial charge on any atom is -0.493 e. The Balaban J connectivity index is 2.17. The molecule has 0 heterocycles. The fourth-order valence-electron chi connectivity index (χ4n) is 1.93. The van der Waals surface area contributed by atoms with E-state index in [9.17, 15) is 0 Å². The second kappa shape index (κ2) is 7.34. The van der Waals surface area contributed by atoms with Gasteiger partial charge >= 0.3 is 0 Å². The minimum absolute atomic E-state index is 0.559. The van der Waals surface area contributed by atoms with E-state index in [1.807, 2.05) is 18.2 Å². The monoisotopic (exact) mass is 318 g/mol. The fourth-order valence-corrected chi connectivity index (χ4v) is 2.57. The SMILES string of the molecule is CCC(CBr)COc1ccccc1-c1ccccc1. The number of ether oxygens (including phenoxy) is 1. The predicted molar refractivity (Wildman–Crippen MR) is 84.9 cm³/mol. The van der Waals surface area contributed by atoms with E-state index in [4.69, 9.17) is 4.74 Å². The van der Waals surface area contributed by atoms with E-state index in [0.717, 1.165) is 29.7 Å². The Morgan fingerprint density at radius 2 is 1.68 bits per heavy atom. The molecule has 2 heteroatoms. The Kier molecular flexibility index (Phi) is 5.46. The van der Waals surface area contributed by atoms with Crippen LogP contribution < -0.4 is 4.74 Å². The number of benzene rings is 2. The Morgan fingerprint density at radius 3 is 2.37 bits per heavy atom. The molecule has 0 saturated carbocycles. The van der Waals surface area contributed by atoms with Crippen molar-refractivity contribution in [2.24, 2.45) is 5.92 Å². The van der Waals surface area contributed by atoms with Crippen LogP contribution in [0.1, 0.15) is 13.3 Å². The van der Waals surface area contributed by atoms with Gasteiger partial charge in [-0.25, -0.2) is 0 Å². The maximum atomic E-state index is 6.01. The quantitative estimate of drug-likeness (QED) is 0.669. The molecule has 0 aliphatic rings. The van der Waals surface area contributed by atoms with Gasteiger partial charge in [0.15, 0.2) is 0 Å². The van der Waals surface area contributed by atoms with Gasteiger partial charge in [0.1, 0.15) is 5.75 Å². The predicted octanol–water partition coefficient (Wildman–Crippen LogP) is 5.15. The average Bonchev–Trinajstić information content (AvgIpc) is 2.49. The fraction of sp³-hybridized carbons (Fsp3) is 0.294. The Morgan fingerprint density at radius 1 is 1.00 bits per heavy atom. The summed E-state index contributed by atoms with van der Waals surface area (Å²) in [5.74, 6) is 1.52. The van der Waals surface area contributed by atoms with Crippen LogP contribution in [-0.4, -0.2) is 11.9 Å². The molecular formula is C17H19BrO. The molecule has 2 aromatic carbocycles. The molecule has 0 amide bonds. The maximum Gasteiger partial charge on any atom is 0.127 e. The average molecular weight is 319 g/mol. The van der Waals surface area contributed by atoms with Crippen molar-refractivity contribution in [3.8, 4) is 16.9 Å². The molecule has 0 aromatic heterocycles. The molecule has 1 atom stereocenters. The van der Waals surface area contributed by atoms with Gasteiger partial charge in [0.05, 0.1) is 6.61 Å². The standard InChI is InChI=1S/C17H19BrO/c1-2-14(12-18)13-19-17-11-7-6-10-16(17)15-8-4-3-5-9-15/h3-11,14H,2,12-13H2,1H3. The van der Waals surface area contributed by atoms with E-state index in [2.05, 4.69) is 59.3 Å². The van der Waals surface area contributed by atoms with Gasteiger partial charge in [0.2, 0.25) is 0 Å². The summed E-state index contributed by atoms with van der Waals surface area (Å²) in [5.41, 5.74) is 2.36. The zero-order valence-corrected chi connectivity index (χ0v) is 12.8. The first kappa shape index (κ1) is 14.1. The highest BCUT2D eigenvalue weighted by Crippen LogP contribution is 2.30. The van der Waals surface area contributed by atoms with Gasteiger partial charge in [-0.3, -0.25) is 0 Å². The molecule has 0 spiro atoms. The van der Waals surface area contributed by atoms with Crippen LogP contribution in [0.5, 0.6) is 5.75 Å². The zero-order valence-electron chi connectivity index (χ0n) is 11.2. The van der Waals surface area contributed by atoms with Crippen LogP contribution in [0.4, 0.5) is 0 Å². The van der Waals surface area contributed by atoms with Crippen molar-refractivity contribution in [2.75, 3.05) is 11.9 Å². The van der Waals surface area contributed by atoms with Crippen LogP contribution in [0.2, 0.25) is 0 Å². The van der Waals surface area contributed by atoms with Crippen LogP contribution in [0, 0.1) is 5.92 Å². The Labute approximate surface area is 123 Å². The van der Waals surface area contributed by atoms with Gasteiger partial charge in [-0.1, -0.05) is 71.4 Å². The van der Waals surface area contributed by atoms with Gasteiger partial charge in [-0.2, -0.15) is 0 Å². The number of rotatable bonds is 6. The molecule has 100 valence electrons. The summed E-state index contributed by atoms with van der Waals surface area (Å²) in [4.78, 5) is 0. The van der Waals surface area contributed by atoms with Crippen molar-refractivity contribution in [1.82, 2.24) is 0 Å². The summed E-state index contributed by atoms with van der Waals surface area (Å²) in [7, 11) is 0. The molecule has 1 nitrogen and oxygen atoms in total. The molecular weight excluding hydrogens is 300 g/mol. The minimum atomic E-state index is 0.559. The smallest absolute Gasteiger partial charge is 0.127 e. The molecule has 2 rings (SSSR count). The van der Waals surface area contributed by atoms with E-state index in [0.29, 0.717) is 5.92 Å². The molecule has 0 radical (unpaired) electrons. The van der Waals surface area contributed by atoms with Gasteiger partial charge in [0.25, 0.3) is 0 Å². The summed E-state index contributed by atoms with van der Waals surface area (Å²) >= 11 is 3.53. The third kappa shape index (κ3) is 3.84. The lowest BCUT2D eigenvalue weighted by molar-refractivity contribution is 0.261. The van der Waals surface area contributed by atoms with Crippen molar-refractivity contribution >= 4 is 15.9 Å². The summed E-state index contributed by atoms with van der Waals surface area (Å²) in [6.45, 7) is 2.95. The summed E-state index contributed by atoms with van der Waals surface area (Å²) in [6.07, 6.45) is 1.12. The number of halogens is 1. The molecule has 0 aliphatic heterocycles. The highest BCUT2D eigenvalue weighted by molar-refractivity contribution is 9.09. The van der Waals surface area contributed by atoms with Crippen LogP contribution >= 0.6 is 15.9 Å². The Bertz CT molecular complexity index is 492. The summed E-state index contributed by atoms with van der Waals surface area (Å²) < 4.78 is 6.01. The molecule has 0 saturated heterocycles. The molecule has 0 N–H and O–H groups in total. The van der Waals surface area contributed by atoms with Crippen molar-refractivity contribution in [3.05, 3.63) is 54.6 Å². The Hall–Kier alpha value is -1.28. The highest BCUT2D eigenvalue weighted by atomic mass is 79.9. The van der Waals surface area contributed by atoms with Gasteiger partial charge in [-0.15, -0.1) is 0 Å². The zero-order chi connectivity index (χ0) is 13.5. The topological polar surface area (TPSA) is 9.23 Å². The van der Waals surface area contributed by atoms with E-state index < -0.39 is 0 Å². The normalized spacial score (nSPS) is 12.1. The summed E-state index contributed by atoms with van der Waals surface area (Å²) in [6, 6.07) is 18.6. The van der Waals surface area contributed by atoms with E-state index >= 15 is 0 Å². The lowest BCUT2D eigenvalue weighted by atomic mass is 10.0. The summed E-state index contributed by atoms with van der Waals surface area (Å²) in [5, 5.41) is 0.983. The van der Waals surface area contributed by atoms with Crippen LogP contribution in [0.25, 0.3) is 11.1 Å². The maximum absolute atomic E-state index is 6.01. The highest BCUT2D eigenvalue weighted by Gasteiger charge is 2.09. The van der Waals surface area contributed by atoms with Crippen molar-refractivity contribution in [1.29, 1.82) is 0 Å². The molecule has 19 heavy (non-hydrogen) atoms. The third-order valence-electron chi connectivity index (χ3n) is 3.24. The van der Waals surface area contributed by atoms with Crippen LogP contribution in [0.15, 0.2) is 54.6 Å². The largest absolute Gasteiger partial charge is 0.493 e. The molecule has 0 fully saturated rings. The van der Waals surface area contributed by atoms with E-state index in [1.54, 1.807) is 0 Å². The van der Waals surface area contributed by atoms with Crippen molar-refractivity contribution in [2.45, 2.75) is 13.3 Å². The molecule has 2 aromatic rings. The second-order valence-corrected chi connectivity index (χ2v) is 5.25. The molecule has 0 bridgehead atoms. The van der Waals surface area contributed by atoms with E-state index in [1.165, 1.54) is 5.56 Å². The van der Waals surface area contributed by atoms with Crippen molar-refractivity contribution < 1.29 is 4.74 Å². The second-order valence-electron chi connectivity index (χ2n) is 4.60. The number of alkyl halides is 1. The van der Waals surface area contributed by atoms with E-state index in [-0.39, 0.29) is 0 Å². The third-order valence-corrected chi connectivity index (χ3v) is 4.16. The van der Waals surface area contributed by atoms with Gasteiger partial charge in [-0.05, 0) is 18.1 Å². The number of para-hydroxylation sites is 1. The first-order valence-corrected chi connectivity index (χ1v) is 7.80. The van der Waals surface area contributed by atoms with Crippen LogP contribution in [0.3, 0.4) is 0 Å². The number of hydrogen-bond acceptors (Lipinski definition) is 1. The van der Waals surface area contributed by atoms with Crippen molar-refractivity contribution in [3.63, 3.8) is 0 Å². The first-order chi connectivity index (χ1) is 9.35. The van der Waals surface area contributed by atoms with Gasteiger partial charge < -0.3 is 4.74 Å². The first-order valence-electron chi connectivity index (χ1n) is 6.68. The molecule has 1 unspecified atom stereocenters.